The molecule has 1 heterocycles. The Kier molecular flexibility index (Phi) is 2.03. The Bertz CT molecular complexity index is 585. The first-order chi connectivity index (χ1) is 8.21. The van der Waals surface area contributed by atoms with Gasteiger partial charge in [-0.25, -0.2) is 4.98 Å². The first kappa shape index (κ1) is 10.1. The first-order valence-corrected chi connectivity index (χ1v) is 5.56. The summed E-state index contributed by atoms with van der Waals surface area (Å²) in [5, 5.41) is 8.73. The third kappa shape index (κ3) is 1.71. The maximum Gasteiger partial charge on any atom is 0.126 e. The summed E-state index contributed by atoms with van der Waals surface area (Å²) in [6, 6.07) is 9.51. The zero-order valence-corrected chi connectivity index (χ0v) is 9.27. The summed E-state index contributed by atoms with van der Waals surface area (Å²) in [6.45, 7) is 0. The molecule has 4 heteroatoms. The Labute approximate surface area is 99.1 Å². The minimum absolute atomic E-state index is 0.231. The maximum absolute atomic E-state index is 8.73. The second-order valence-electron chi connectivity index (χ2n) is 4.49. The van der Waals surface area contributed by atoms with E-state index >= 15 is 0 Å². The van der Waals surface area contributed by atoms with E-state index in [1.54, 1.807) is 18.3 Å². The van der Waals surface area contributed by atoms with Crippen molar-refractivity contribution in [3.8, 4) is 17.3 Å². The normalized spacial score (nSPS) is 16.5. The van der Waals surface area contributed by atoms with Gasteiger partial charge in [-0.05, 0) is 30.5 Å². The molecule has 0 spiro atoms. The molecule has 3 rings (SSSR count). The number of benzene rings is 1. The van der Waals surface area contributed by atoms with E-state index in [-0.39, 0.29) is 5.54 Å². The highest BCUT2D eigenvalue weighted by atomic mass is 15.0. The van der Waals surface area contributed by atoms with E-state index in [9.17, 15) is 0 Å². The van der Waals surface area contributed by atoms with Crippen molar-refractivity contribution in [3.05, 3.63) is 41.9 Å². The van der Waals surface area contributed by atoms with Crippen LogP contribution in [0, 0.1) is 11.3 Å². The average Bonchev–Trinajstić information content (AvgIpc) is 2.94. The van der Waals surface area contributed by atoms with E-state index in [1.807, 2.05) is 12.1 Å². The summed E-state index contributed by atoms with van der Waals surface area (Å²) in [4.78, 5) is 7.57. The van der Waals surface area contributed by atoms with Crippen LogP contribution in [0.2, 0.25) is 0 Å². The van der Waals surface area contributed by atoms with Gasteiger partial charge in [-0.3, -0.25) is 0 Å². The molecule has 0 aliphatic heterocycles. The second kappa shape index (κ2) is 3.44. The number of nitrogens with one attached hydrogen (secondary N) is 1. The van der Waals surface area contributed by atoms with Crippen LogP contribution >= 0.6 is 0 Å². The van der Waals surface area contributed by atoms with Crippen molar-refractivity contribution >= 4 is 0 Å². The van der Waals surface area contributed by atoms with Crippen LogP contribution in [0.25, 0.3) is 11.3 Å². The molecule has 0 atom stereocenters. The Hall–Kier alpha value is -2.12. The third-order valence-corrected chi connectivity index (χ3v) is 3.16. The van der Waals surface area contributed by atoms with Gasteiger partial charge in [-0.1, -0.05) is 12.1 Å². The lowest BCUT2D eigenvalue weighted by atomic mass is 10.1. The van der Waals surface area contributed by atoms with Crippen molar-refractivity contribution in [2.75, 3.05) is 0 Å². The van der Waals surface area contributed by atoms with Crippen molar-refractivity contribution in [2.24, 2.45) is 5.73 Å². The zero-order chi connectivity index (χ0) is 11.9. The third-order valence-electron chi connectivity index (χ3n) is 3.16. The quantitative estimate of drug-likeness (QED) is 0.817. The molecular formula is C13H12N4. The van der Waals surface area contributed by atoms with Crippen LogP contribution in [-0.4, -0.2) is 9.97 Å². The van der Waals surface area contributed by atoms with Crippen LogP contribution in [0.1, 0.15) is 24.2 Å². The second-order valence-corrected chi connectivity index (χ2v) is 4.49. The smallest absolute Gasteiger partial charge is 0.126 e. The summed E-state index contributed by atoms with van der Waals surface area (Å²) in [6.07, 6.45) is 3.78. The number of aromatic nitrogens is 2. The van der Waals surface area contributed by atoms with Crippen LogP contribution in [0.3, 0.4) is 0 Å². The van der Waals surface area contributed by atoms with E-state index in [0.717, 1.165) is 29.9 Å². The summed E-state index contributed by atoms with van der Waals surface area (Å²) in [5.41, 5.74) is 8.46. The predicted molar refractivity (Wildman–Crippen MR) is 63.8 cm³/mol. The maximum atomic E-state index is 8.73. The topological polar surface area (TPSA) is 78.5 Å². The van der Waals surface area contributed by atoms with Crippen molar-refractivity contribution in [1.82, 2.24) is 9.97 Å². The Morgan fingerprint density at radius 3 is 2.59 bits per heavy atom. The van der Waals surface area contributed by atoms with Gasteiger partial charge in [0.15, 0.2) is 0 Å². The fourth-order valence-electron chi connectivity index (χ4n) is 1.82. The fourth-order valence-corrected chi connectivity index (χ4v) is 1.82. The molecular weight excluding hydrogens is 212 g/mol. The van der Waals surface area contributed by atoms with Crippen LogP contribution in [-0.2, 0) is 5.54 Å². The Balaban J connectivity index is 1.93. The largest absolute Gasteiger partial charge is 0.340 e. The van der Waals surface area contributed by atoms with E-state index in [4.69, 9.17) is 11.0 Å². The van der Waals surface area contributed by atoms with Gasteiger partial charge in [0.05, 0.1) is 29.1 Å². The van der Waals surface area contributed by atoms with Gasteiger partial charge >= 0.3 is 0 Å². The highest BCUT2D eigenvalue weighted by Gasteiger charge is 2.42. The molecule has 0 saturated heterocycles. The standard InChI is InChI=1S/C13H12N4/c14-7-9-1-3-10(4-2-9)11-8-16-12(17-11)13(15)5-6-13/h1-4,8H,5-6,15H2,(H,16,17). The molecule has 4 nitrogen and oxygen atoms in total. The SMILES string of the molecule is N#Cc1ccc(-c2cnc(C3(N)CC3)[nH]2)cc1. The molecule has 17 heavy (non-hydrogen) atoms. The molecule has 84 valence electrons. The number of rotatable bonds is 2. The molecule has 1 aliphatic carbocycles. The summed E-state index contributed by atoms with van der Waals surface area (Å²) < 4.78 is 0. The van der Waals surface area contributed by atoms with Gasteiger partial charge in [0.25, 0.3) is 0 Å². The van der Waals surface area contributed by atoms with Gasteiger partial charge < -0.3 is 10.7 Å². The minimum Gasteiger partial charge on any atom is -0.340 e. The number of nitrogens with zero attached hydrogens (tertiary/aromatic N) is 2. The van der Waals surface area contributed by atoms with Gasteiger partial charge in [-0.15, -0.1) is 0 Å². The monoisotopic (exact) mass is 224 g/mol. The molecule has 1 aromatic carbocycles. The summed E-state index contributed by atoms with van der Waals surface area (Å²) >= 11 is 0. The number of nitrogens with two attached hydrogens (primary N) is 1. The molecule has 1 saturated carbocycles. The molecule has 3 N–H and O–H groups in total. The Morgan fingerprint density at radius 1 is 1.29 bits per heavy atom. The van der Waals surface area contributed by atoms with Crippen LogP contribution < -0.4 is 5.73 Å². The van der Waals surface area contributed by atoms with Gasteiger partial charge in [0.2, 0.25) is 0 Å². The van der Waals surface area contributed by atoms with E-state index < -0.39 is 0 Å². The predicted octanol–water partition coefficient (Wildman–Crippen LogP) is 1.90. The lowest BCUT2D eigenvalue weighted by molar-refractivity contribution is 0.685. The molecule has 1 fully saturated rings. The fraction of sp³-hybridized carbons (Fsp3) is 0.231. The summed E-state index contributed by atoms with van der Waals surface area (Å²) in [7, 11) is 0. The molecule has 0 radical (unpaired) electrons. The van der Waals surface area contributed by atoms with Crippen molar-refractivity contribution < 1.29 is 0 Å². The first-order valence-electron chi connectivity index (χ1n) is 5.56. The molecule has 0 amide bonds. The lowest BCUT2D eigenvalue weighted by Gasteiger charge is -2.03. The van der Waals surface area contributed by atoms with Gasteiger partial charge in [0, 0.05) is 0 Å². The van der Waals surface area contributed by atoms with E-state index in [2.05, 4.69) is 16.0 Å². The van der Waals surface area contributed by atoms with E-state index in [1.165, 1.54) is 0 Å². The highest BCUT2D eigenvalue weighted by molar-refractivity contribution is 5.60. The van der Waals surface area contributed by atoms with Crippen LogP contribution in [0.5, 0.6) is 0 Å². The Morgan fingerprint density at radius 2 is 2.00 bits per heavy atom. The van der Waals surface area contributed by atoms with Gasteiger partial charge in [-0.2, -0.15) is 5.26 Å². The lowest BCUT2D eigenvalue weighted by Crippen LogP contribution is -2.20. The minimum atomic E-state index is -0.231. The average molecular weight is 224 g/mol. The number of hydrogen-bond acceptors (Lipinski definition) is 3. The van der Waals surface area contributed by atoms with Crippen LogP contribution in [0.4, 0.5) is 0 Å². The van der Waals surface area contributed by atoms with Crippen molar-refractivity contribution in [2.45, 2.75) is 18.4 Å². The molecule has 1 aliphatic rings. The summed E-state index contributed by atoms with van der Waals surface area (Å²) in [5.74, 6) is 0.858. The van der Waals surface area contributed by atoms with Crippen molar-refractivity contribution in [3.63, 3.8) is 0 Å². The number of hydrogen-bond donors (Lipinski definition) is 2. The van der Waals surface area contributed by atoms with Crippen LogP contribution in [0.15, 0.2) is 30.5 Å². The number of aromatic amines is 1. The molecule has 0 bridgehead atoms. The number of imidazole rings is 1. The highest BCUT2D eigenvalue weighted by Crippen LogP contribution is 2.41. The molecule has 2 aromatic rings. The van der Waals surface area contributed by atoms with Gasteiger partial charge in [0.1, 0.15) is 5.82 Å². The zero-order valence-electron chi connectivity index (χ0n) is 9.27. The molecule has 1 aromatic heterocycles. The van der Waals surface area contributed by atoms with Crippen molar-refractivity contribution in [1.29, 1.82) is 5.26 Å². The van der Waals surface area contributed by atoms with E-state index in [0.29, 0.717) is 5.56 Å². The number of H-pyrrole nitrogens is 1. The molecule has 0 unspecified atom stereocenters. The number of nitriles is 1.